The van der Waals surface area contributed by atoms with Crippen LogP contribution in [0, 0.1) is 12.7 Å². The number of aromatic nitrogens is 7. The summed E-state index contributed by atoms with van der Waals surface area (Å²) in [6.07, 6.45) is -1.64. The van der Waals surface area contributed by atoms with Crippen LogP contribution in [0.4, 0.5) is 17.6 Å². The Morgan fingerprint density at radius 2 is 1.98 bits per heavy atom. The number of halogens is 4. The summed E-state index contributed by atoms with van der Waals surface area (Å²) in [4.78, 5) is 15.1. The third-order valence-electron chi connectivity index (χ3n) is 6.46. The van der Waals surface area contributed by atoms with Gasteiger partial charge in [-0.1, -0.05) is 5.21 Å². The minimum absolute atomic E-state index is 0.0483. The molecule has 11 nitrogen and oxygen atoms in total. The number of hydrogen-bond acceptors (Lipinski definition) is 8. The second-order valence-corrected chi connectivity index (χ2v) is 9.45. The van der Waals surface area contributed by atoms with Crippen LogP contribution in [-0.2, 0) is 32.2 Å². The molecule has 3 aromatic heterocycles. The lowest BCUT2D eigenvalue weighted by molar-refractivity contribution is -0.141. The second-order valence-electron chi connectivity index (χ2n) is 9.45. The van der Waals surface area contributed by atoms with Crippen molar-refractivity contribution in [3.63, 3.8) is 0 Å². The van der Waals surface area contributed by atoms with Gasteiger partial charge in [0.15, 0.2) is 17.3 Å². The van der Waals surface area contributed by atoms with Crippen molar-refractivity contribution >= 4 is 5.91 Å². The summed E-state index contributed by atoms with van der Waals surface area (Å²) >= 11 is 0. The molecule has 0 saturated heterocycles. The topological polar surface area (TPSA) is 116 Å². The van der Waals surface area contributed by atoms with Crippen molar-refractivity contribution in [2.45, 2.75) is 39.2 Å². The first-order valence-corrected chi connectivity index (χ1v) is 12.2. The zero-order chi connectivity index (χ0) is 28.6. The number of hydrogen-bond donors (Lipinski definition) is 1. The molecule has 1 aromatic carbocycles. The van der Waals surface area contributed by atoms with Gasteiger partial charge in [0.1, 0.15) is 0 Å². The van der Waals surface area contributed by atoms with Gasteiger partial charge in [0, 0.05) is 37.8 Å². The van der Waals surface area contributed by atoms with Crippen molar-refractivity contribution in [3.8, 4) is 11.4 Å². The van der Waals surface area contributed by atoms with Crippen LogP contribution in [-0.4, -0.2) is 66.5 Å². The van der Waals surface area contributed by atoms with E-state index in [4.69, 9.17) is 4.74 Å². The van der Waals surface area contributed by atoms with Gasteiger partial charge in [0.25, 0.3) is 5.91 Å². The molecule has 4 aromatic rings. The highest BCUT2D eigenvalue weighted by Gasteiger charge is 2.39. The maximum absolute atomic E-state index is 15.2. The third kappa shape index (κ3) is 5.50. The summed E-state index contributed by atoms with van der Waals surface area (Å²) < 4.78 is 64.1. The van der Waals surface area contributed by atoms with Crippen molar-refractivity contribution in [2.24, 2.45) is 0 Å². The van der Waals surface area contributed by atoms with Gasteiger partial charge in [-0.25, -0.2) is 9.07 Å². The number of carbonyl (C=O) groups excluding carboxylic acids is 1. The van der Waals surface area contributed by atoms with E-state index in [0.29, 0.717) is 17.9 Å². The third-order valence-corrected chi connectivity index (χ3v) is 6.46. The highest BCUT2D eigenvalue weighted by molar-refractivity contribution is 5.95. The lowest BCUT2D eigenvalue weighted by Crippen LogP contribution is -2.28. The van der Waals surface area contributed by atoms with E-state index in [2.05, 4.69) is 35.8 Å². The molecule has 1 N–H and O–H groups in total. The molecule has 0 saturated carbocycles. The van der Waals surface area contributed by atoms with Crippen molar-refractivity contribution in [2.75, 3.05) is 20.7 Å². The SMILES string of the molecule is COc1ccc(-n2cc(C)nn2)c(CNC(=O)c2cn(Cc3cc4c(nn3)CCN(C)C4)nc2C(F)(F)F)c1F. The van der Waals surface area contributed by atoms with Gasteiger partial charge < -0.3 is 15.0 Å². The number of fused-ring (bicyclic) bond motifs is 1. The Kier molecular flexibility index (Phi) is 7.23. The lowest BCUT2D eigenvalue weighted by atomic mass is 10.1. The molecule has 0 spiro atoms. The highest BCUT2D eigenvalue weighted by Crippen LogP contribution is 2.31. The number of likely N-dealkylation sites (N-methyl/N-ethyl adjacent to an activating group) is 1. The van der Waals surface area contributed by atoms with E-state index in [1.165, 1.54) is 23.9 Å². The molecular weight excluding hydrogens is 534 g/mol. The number of alkyl halides is 3. The van der Waals surface area contributed by atoms with Crippen LogP contribution in [0.5, 0.6) is 5.75 Å². The molecule has 0 unspecified atom stereocenters. The van der Waals surface area contributed by atoms with Crippen LogP contribution < -0.4 is 10.1 Å². The van der Waals surface area contributed by atoms with Gasteiger partial charge >= 0.3 is 6.18 Å². The Balaban J connectivity index is 1.41. The molecule has 210 valence electrons. The van der Waals surface area contributed by atoms with Gasteiger partial charge in [-0.15, -0.1) is 5.10 Å². The molecule has 0 bridgehead atoms. The Labute approximate surface area is 225 Å². The van der Waals surface area contributed by atoms with Crippen molar-refractivity contribution in [1.82, 2.24) is 45.2 Å². The molecular formula is C25H25F4N9O2. The zero-order valence-corrected chi connectivity index (χ0v) is 21.8. The number of ether oxygens (including phenoxy) is 1. The molecule has 1 aliphatic heterocycles. The molecule has 40 heavy (non-hydrogen) atoms. The monoisotopic (exact) mass is 559 g/mol. The molecule has 4 heterocycles. The Morgan fingerprint density at radius 1 is 1.18 bits per heavy atom. The Bertz CT molecular complexity index is 1560. The minimum Gasteiger partial charge on any atom is -0.494 e. The quantitative estimate of drug-likeness (QED) is 0.344. The highest BCUT2D eigenvalue weighted by atomic mass is 19.4. The first-order valence-electron chi connectivity index (χ1n) is 12.2. The van der Waals surface area contributed by atoms with Gasteiger partial charge in [-0.2, -0.15) is 28.5 Å². The predicted octanol–water partition coefficient (Wildman–Crippen LogP) is 2.69. The van der Waals surface area contributed by atoms with E-state index in [-0.39, 0.29) is 23.5 Å². The van der Waals surface area contributed by atoms with E-state index in [1.54, 1.807) is 19.2 Å². The smallest absolute Gasteiger partial charge is 0.435 e. The number of nitrogens with zero attached hydrogens (tertiary/aromatic N) is 8. The largest absolute Gasteiger partial charge is 0.494 e. The maximum Gasteiger partial charge on any atom is 0.435 e. The molecule has 0 aliphatic carbocycles. The number of nitrogens with one attached hydrogen (secondary N) is 1. The van der Waals surface area contributed by atoms with Crippen LogP contribution in [0.2, 0.25) is 0 Å². The van der Waals surface area contributed by atoms with Gasteiger partial charge in [-0.05, 0) is 37.7 Å². The lowest BCUT2D eigenvalue weighted by Gasteiger charge is -2.23. The van der Waals surface area contributed by atoms with Gasteiger partial charge in [-0.3, -0.25) is 9.48 Å². The van der Waals surface area contributed by atoms with E-state index in [1.807, 2.05) is 7.05 Å². The number of methoxy groups -OCH3 is 1. The average Bonchev–Trinajstić information content (AvgIpc) is 3.54. The first kappa shape index (κ1) is 27.2. The van der Waals surface area contributed by atoms with Gasteiger partial charge in [0.05, 0.1) is 48.2 Å². The predicted molar refractivity (Wildman–Crippen MR) is 132 cm³/mol. The first-order chi connectivity index (χ1) is 19.0. The van der Waals surface area contributed by atoms with Crippen LogP contribution in [0.1, 0.15) is 44.3 Å². The molecule has 0 fully saturated rings. The summed E-state index contributed by atoms with van der Waals surface area (Å²) in [5, 5.41) is 22.1. The minimum atomic E-state index is -4.91. The molecule has 1 amide bonds. The van der Waals surface area contributed by atoms with Crippen LogP contribution in [0.25, 0.3) is 5.69 Å². The number of amides is 1. The Morgan fingerprint density at radius 3 is 2.67 bits per heavy atom. The van der Waals surface area contributed by atoms with Crippen LogP contribution >= 0.6 is 0 Å². The van der Waals surface area contributed by atoms with E-state index in [9.17, 15) is 18.0 Å². The summed E-state index contributed by atoms with van der Waals surface area (Å²) in [7, 11) is 3.24. The fourth-order valence-electron chi connectivity index (χ4n) is 4.50. The Hall–Kier alpha value is -4.40. The molecule has 5 rings (SSSR count). The summed E-state index contributed by atoms with van der Waals surface area (Å²) in [6.45, 7) is 2.60. The fraction of sp³-hybridized carbons (Fsp3) is 0.360. The molecule has 1 aliphatic rings. The summed E-state index contributed by atoms with van der Waals surface area (Å²) in [5.41, 5.74) is 0.874. The number of carbonyl (C=O) groups is 1. The second kappa shape index (κ2) is 10.6. The fourth-order valence-corrected chi connectivity index (χ4v) is 4.50. The normalized spacial score (nSPS) is 13.8. The zero-order valence-electron chi connectivity index (χ0n) is 21.8. The maximum atomic E-state index is 15.2. The standard InChI is InChI=1S/C25H25F4N9O2/c1-14-10-38(35-31-14)20-4-5-21(40-3)22(26)17(20)9-30-24(39)18-13-37(34-23(18)25(27,28)29)12-16-8-15-11-36(2)7-6-19(15)33-32-16/h4-5,8,10,13H,6-7,9,11-12H2,1-3H3,(H,30,39). The van der Waals surface area contributed by atoms with E-state index >= 15 is 4.39 Å². The van der Waals surface area contributed by atoms with Crippen LogP contribution in [0.3, 0.4) is 0 Å². The summed E-state index contributed by atoms with van der Waals surface area (Å²) in [5.74, 6) is -1.98. The number of benzene rings is 1. The van der Waals surface area contributed by atoms with E-state index in [0.717, 1.165) is 35.1 Å². The van der Waals surface area contributed by atoms with E-state index < -0.39 is 35.7 Å². The number of aryl methyl sites for hydroxylation is 1. The van der Waals surface area contributed by atoms with Gasteiger partial charge in [0.2, 0.25) is 0 Å². The van der Waals surface area contributed by atoms with Crippen molar-refractivity contribution in [1.29, 1.82) is 0 Å². The van der Waals surface area contributed by atoms with Crippen molar-refractivity contribution in [3.05, 3.63) is 75.9 Å². The van der Waals surface area contributed by atoms with Crippen LogP contribution in [0.15, 0.2) is 30.6 Å². The number of rotatable bonds is 7. The molecule has 0 radical (unpaired) electrons. The van der Waals surface area contributed by atoms with Crippen molar-refractivity contribution < 1.29 is 27.1 Å². The average molecular weight is 560 g/mol. The molecule has 0 atom stereocenters. The molecule has 15 heteroatoms. The summed E-state index contributed by atoms with van der Waals surface area (Å²) in [6, 6.07) is 4.67.